The fraction of sp³-hybridized carbons (Fsp3) is 0.406. The lowest BCUT2D eigenvalue weighted by Gasteiger charge is -2.44. The van der Waals surface area contributed by atoms with E-state index in [4.69, 9.17) is 19.6 Å². The monoisotopic (exact) mass is 601 g/mol. The number of anilines is 4. The minimum Gasteiger partial charge on any atom is -0.491 e. The lowest BCUT2D eigenvalue weighted by atomic mass is 9.82. The van der Waals surface area contributed by atoms with Crippen LogP contribution < -0.4 is 15.4 Å². The second-order valence-corrected chi connectivity index (χ2v) is 11.5. The number of aliphatic carboxylic acids is 1. The lowest BCUT2D eigenvalue weighted by Crippen LogP contribution is -2.50. The molecule has 5 rings (SSSR count). The van der Waals surface area contributed by atoms with E-state index >= 15 is 0 Å². The third kappa shape index (κ3) is 6.30. The third-order valence-corrected chi connectivity index (χ3v) is 8.04. The van der Waals surface area contributed by atoms with Crippen molar-refractivity contribution in [2.75, 3.05) is 37.5 Å². The number of hydrogen-bond donors (Lipinski definition) is 3. The van der Waals surface area contributed by atoms with Crippen LogP contribution in [0.15, 0.2) is 36.5 Å². The summed E-state index contributed by atoms with van der Waals surface area (Å²) in [5, 5.41) is 21.3. The van der Waals surface area contributed by atoms with Crippen LogP contribution in [0.25, 0.3) is 11.0 Å². The molecule has 1 aliphatic rings. The number of hydrogen-bond acceptors (Lipinski definition) is 9. The molecule has 4 aromatic rings. The Morgan fingerprint density at radius 2 is 1.82 bits per heavy atom. The molecule has 3 heterocycles. The average Bonchev–Trinajstić information content (AvgIpc) is 3.28. The summed E-state index contributed by atoms with van der Waals surface area (Å²) in [5.41, 5.74) is 6.00. The molecule has 0 aliphatic carbocycles. The molecule has 2 aromatic carbocycles. The predicted octanol–water partition coefficient (Wildman–Crippen LogP) is 4.98. The van der Waals surface area contributed by atoms with E-state index in [1.165, 1.54) is 0 Å². The van der Waals surface area contributed by atoms with Crippen molar-refractivity contribution in [1.82, 2.24) is 24.6 Å². The first-order chi connectivity index (χ1) is 21.0. The van der Waals surface area contributed by atoms with Gasteiger partial charge in [0.15, 0.2) is 11.5 Å². The molecule has 0 fully saturated rings. The fourth-order valence-corrected chi connectivity index (χ4v) is 5.77. The molecular formula is C32H39N7O5. The largest absolute Gasteiger partial charge is 0.491 e. The molecule has 0 atom stereocenters. The van der Waals surface area contributed by atoms with E-state index in [1.54, 1.807) is 22.9 Å². The van der Waals surface area contributed by atoms with Gasteiger partial charge in [-0.3, -0.25) is 9.59 Å². The van der Waals surface area contributed by atoms with E-state index in [-0.39, 0.29) is 18.7 Å². The highest BCUT2D eigenvalue weighted by atomic mass is 16.5. The van der Waals surface area contributed by atoms with Crippen molar-refractivity contribution in [1.29, 1.82) is 0 Å². The number of carbonyl (C=O) groups is 2. The van der Waals surface area contributed by atoms with Crippen molar-refractivity contribution in [3.8, 4) is 5.75 Å². The summed E-state index contributed by atoms with van der Waals surface area (Å²) in [6.45, 7) is 9.58. The summed E-state index contributed by atoms with van der Waals surface area (Å²) in [6.07, 6.45) is 2.25. The van der Waals surface area contributed by atoms with Crippen LogP contribution in [0.2, 0.25) is 0 Å². The van der Waals surface area contributed by atoms with Crippen LogP contribution in [0.5, 0.6) is 5.75 Å². The molecule has 1 aliphatic heterocycles. The smallest absolute Gasteiger partial charge is 0.303 e. The maximum atomic E-state index is 12.9. The summed E-state index contributed by atoms with van der Waals surface area (Å²) in [4.78, 5) is 35.0. The number of ether oxygens (including phenoxy) is 2. The van der Waals surface area contributed by atoms with Crippen LogP contribution in [0, 0.1) is 13.8 Å². The minimum absolute atomic E-state index is 0.0187. The molecule has 44 heavy (non-hydrogen) atoms. The van der Waals surface area contributed by atoms with Gasteiger partial charge in [-0.2, -0.15) is 10.1 Å². The van der Waals surface area contributed by atoms with Crippen LogP contribution in [0.4, 0.5) is 23.1 Å². The van der Waals surface area contributed by atoms with Crippen LogP contribution in [-0.4, -0.2) is 68.5 Å². The van der Waals surface area contributed by atoms with E-state index in [1.807, 2.05) is 59.0 Å². The molecule has 0 saturated heterocycles. The first-order valence-electron chi connectivity index (χ1n) is 14.6. The number of carbonyl (C=O) groups excluding carboxylic acids is 1. The van der Waals surface area contributed by atoms with E-state index in [2.05, 4.69) is 26.8 Å². The molecule has 232 valence electrons. The van der Waals surface area contributed by atoms with Crippen LogP contribution >= 0.6 is 0 Å². The molecule has 0 bridgehead atoms. The van der Waals surface area contributed by atoms with Crippen molar-refractivity contribution in [3.05, 3.63) is 58.8 Å². The molecule has 0 radical (unpaired) electrons. The summed E-state index contributed by atoms with van der Waals surface area (Å²) < 4.78 is 12.6. The SMILES string of the molecule is COCCOc1cc(C)c(Nc2nn(C)c3nc(Nc4ccc5c(c4)C(C)(C)N(C(=O)CCC(=O)O)CC5)ncc23)c(C)c1. The number of amides is 1. The molecule has 3 N–H and O–H groups in total. The molecule has 0 saturated carbocycles. The van der Waals surface area contributed by atoms with Gasteiger partial charge in [0.05, 0.1) is 24.0 Å². The van der Waals surface area contributed by atoms with Gasteiger partial charge in [-0.15, -0.1) is 0 Å². The number of fused-ring (bicyclic) bond motifs is 2. The van der Waals surface area contributed by atoms with E-state index in [0.29, 0.717) is 43.6 Å². The first kappa shape index (κ1) is 30.7. The highest BCUT2D eigenvalue weighted by Crippen LogP contribution is 2.38. The number of nitrogens with zero attached hydrogens (tertiary/aromatic N) is 5. The summed E-state index contributed by atoms with van der Waals surface area (Å²) in [7, 11) is 3.49. The number of aromatic nitrogens is 4. The Kier molecular flexibility index (Phi) is 8.73. The Balaban J connectivity index is 1.35. The zero-order chi connectivity index (χ0) is 31.6. The van der Waals surface area contributed by atoms with Crippen molar-refractivity contribution in [3.63, 3.8) is 0 Å². The number of rotatable bonds is 11. The Labute approximate surface area is 256 Å². The number of carboxylic acids is 1. The predicted molar refractivity (Wildman–Crippen MR) is 168 cm³/mol. The number of carboxylic acid groups (broad SMARTS) is 1. The van der Waals surface area contributed by atoms with Gasteiger partial charge >= 0.3 is 5.97 Å². The van der Waals surface area contributed by atoms with Crippen molar-refractivity contribution in [2.24, 2.45) is 7.05 Å². The molecule has 2 aromatic heterocycles. The number of nitrogens with one attached hydrogen (secondary N) is 2. The number of benzene rings is 2. The Morgan fingerprint density at radius 1 is 1.07 bits per heavy atom. The lowest BCUT2D eigenvalue weighted by molar-refractivity contribution is -0.143. The van der Waals surface area contributed by atoms with E-state index in [0.717, 1.165) is 44.8 Å². The summed E-state index contributed by atoms with van der Waals surface area (Å²) in [6, 6.07) is 10.0. The van der Waals surface area contributed by atoms with E-state index < -0.39 is 11.5 Å². The number of aryl methyl sites for hydroxylation is 3. The highest BCUT2D eigenvalue weighted by molar-refractivity contribution is 5.90. The first-order valence-corrected chi connectivity index (χ1v) is 14.6. The normalized spacial score (nSPS) is 13.9. The molecule has 0 unspecified atom stereocenters. The molecule has 12 nitrogen and oxygen atoms in total. The molecule has 1 amide bonds. The van der Waals surface area contributed by atoms with Gasteiger partial charge in [-0.25, -0.2) is 9.67 Å². The Hall–Kier alpha value is -4.71. The van der Waals surface area contributed by atoms with Crippen LogP contribution in [0.3, 0.4) is 0 Å². The maximum Gasteiger partial charge on any atom is 0.303 e. The standard InChI is InChI=1S/C32H39N7O5/c1-19-15-23(44-14-13-43-6)16-20(2)28(19)35-29-24-18-33-31(36-30(24)38(5)37-29)34-22-8-7-21-11-12-39(26(40)9-10-27(41)42)32(3,4)25(21)17-22/h7-8,15-18H,9-14H2,1-6H3,(H,35,37)(H,41,42)(H,33,34,36). The van der Waals surface area contributed by atoms with Gasteiger partial charge in [-0.1, -0.05) is 6.07 Å². The average molecular weight is 602 g/mol. The highest BCUT2D eigenvalue weighted by Gasteiger charge is 2.37. The second kappa shape index (κ2) is 12.5. The topological polar surface area (TPSA) is 144 Å². The molecular weight excluding hydrogens is 562 g/mol. The molecule has 0 spiro atoms. The Morgan fingerprint density at radius 3 is 2.52 bits per heavy atom. The summed E-state index contributed by atoms with van der Waals surface area (Å²) in [5.74, 6) is 0.719. The third-order valence-electron chi connectivity index (χ3n) is 8.04. The van der Waals surface area contributed by atoms with Gasteiger partial charge in [0.1, 0.15) is 12.4 Å². The van der Waals surface area contributed by atoms with Crippen molar-refractivity contribution in [2.45, 2.75) is 52.5 Å². The minimum atomic E-state index is -0.975. The Bertz CT molecular complexity index is 1690. The van der Waals surface area contributed by atoms with Gasteiger partial charge in [0.25, 0.3) is 0 Å². The van der Waals surface area contributed by atoms with Gasteiger partial charge in [0, 0.05) is 44.7 Å². The number of methoxy groups -OCH3 is 1. The summed E-state index contributed by atoms with van der Waals surface area (Å²) >= 11 is 0. The van der Waals surface area contributed by atoms with Gasteiger partial charge in [0.2, 0.25) is 11.9 Å². The molecule has 12 heteroatoms. The zero-order valence-electron chi connectivity index (χ0n) is 26.0. The second-order valence-electron chi connectivity index (χ2n) is 11.5. The van der Waals surface area contributed by atoms with Crippen molar-refractivity contribution < 1.29 is 24.2 Å². The van der Waals surface area contributed by atoms with E-state index in [9.17, 15) is 9.59 Å². The quantitative estimate of drug-likeness (QED) is 0.201. The zero-order valence-corrected chi connectivity index (χ0v) is 26.0. The van der Waals surface area contributed by atoms with Crippen LogP contribution in [-0.2, 0) is 33.3 Å². The van der Waals surface area contributed by atoms with Crippen LogP contribution in [0.1, 0.15) is 48.9 Å². The van der Waals surface area contributed by atoms with Gasteiger partial charge in [-0.05, 0) is 80.6 Å². The maximum absolute atomic E-state index is 12.9. The fourth-order valence-electron chi connectivity index (χ4n) is 5.77. The van der Waals surface area contributed by atoms with Crippen molar-refractivity contribution >= 4 is 46.1 Å². The van der Waals surface area contributed by atoms with Gasteiger partial charge < -0.3 is 30.1 Å².